The molecule has 212 valence electrons. The summed E-state index contributed by atoms with van der Waals surface area (Å²) in [6.07, 6.45) is 4.98. The molecule has 0 spiro atoms. The average Bonchev–Trinajstić information content (AvgIpc) is 3.66. The van der Waals surface area contributed by atoms with E-state index in [0.717, 1.165) is 47.7 Å². The minimum atomic E-state index is -0.717. The van der Waals surface area contributed by atoms with Crippen molar-refractivity contribution in [3.63, 3.8) is 0 Å². The number of aromatic hydroxyl groups is 1. The first-order chi connectivity index (χ1) is 19.8. The van der Waals surface area contributed by atoms with Gasteiger partial charge in [-0.1, -0.05) is 30.3 Å². The molecular weight excluding hydrogens is 514 g/mol. The number of fused-ring (bicyclic) bond motifs is 5. The van der Waals surface area contributed by atoms with Crippen LogP contribution in [0.3, 0.4) is 0 Å². The quantitative estimate of drug-likeness (QED) is 0.388. The van der Waals surface area contributed by atoms with Crippen molar-refractivity contribution in [2.75, 3.05) is 13.1 Å². The molecule has 1 saturated heterocycles. The highest BCUT2D eigenvalue weighted by Gasteiger charge is 2.62. The van der Waals surface area contributed by atoms with Crippen LogP contribution >= 0.6 is 0 Å². The number of carbonyl (C=O) groups is 1. The van der Waals surface area contributed by atoms with Gasteiger partial charge in [-0.25, -0.2) is 0 Å². The van der Waals surface area contributed by atoms with Crippen molar-refractivity contribution in [2.24, 2.45) is 17.8 Å². The van der Waals surface area contributed by atoms with Gasteiger partial charge in [-0.15, -0.1) is 0 Å². The Morgan fingerprint density at radius 1 is 1.12 bits per heavy atom. The summed E-state index contributed by atoms with van der Waals surface area (Å²) in [5.74, 6) is 1.62. The zero-order valence-electron chi connectivity index (χ0n) is 23.4. The van der Waals surface area contributed by atoms with Crippen LogP contribution in [0.2, 0.25) is 0 Å². The summed E-state index contributed by atoms with van der Waals surface area (Å²) in [6.45, 7) is 4.43. The van der Waals surface area contributed by atoms with Gasteiger partial charge in [0.15, 0.2) is 0 Å². The van der Waals surface area contributed by atoms with E-state index in [1.807, 2.05) is 42.5 Å². The third kappa shape index (κ3) is 3.92. The number of aryl methyl sites for hydroxylation is 1. The van der Waals surface area contributed by atoms with E-state index in [1.165, 1.54) is 30.5 Å². The monoisotopic (exact) mass is 551 g/mol. The summed E-state index contributed by atoms with van der Waals surface area (Å²) >= 11 is 0. The zero-order valence-corrected chi connectivity index (χ0v) is 23.4. The standard InChI is InChI=1S/C34H37N3O4/c1-18-6-9-23(38)13-26(18)34-14-22-17-37(16-19-7-8-19)31(22)27(34)11-21-10-25(32(40)35-28(21)15-34)33(41)36-30-24-5-3-2-4-20(24)12-29(30)39/h2-6,9-10,13,19,22,27,29-31,38-39H,7-8,11-12,14-17H2,1H3,(H,35,40)(H,36,41)/t22?,27-,29+,30-,31+,34+/m0/s1. The number of aliphatic hydroxyl groups is 1. The zero-order chi connectivity index (χ0) is 28.0. The molecule has 0 bridgehead atoms. The lowest BCUT2D eigenvalue weighted by atomic mass is 9.62. The Balaban J connectivity index is 1.15. The molecule has 6 atom stereocenters. The highest BCUT2D eigenvalue weighted by molar-refractivity contribution is 5.94. The van der Waals surface area contributed by atoms with Crippen LogP contribution < -0.4 is 10.9 Å². The summed E-state index contributed by atoms with van der Waals surface area (Å²) in [7, 11) is 0. The summed E-state index contributed by atoms with van der Waals surface area (Å²) in [6, 6.07) is 15.2. The maximum atomic E-state index is 13.5. The fraction of sp³-hybridized carbons (Fsp3) is 0.471. The van der Waals surface area contributed by atoms with Gasteiger partial charge in [0.05, 0.1) is 12.1 Å². The number of benzene rings is 2. The smallest absolute Gasteiger partial charge is 0.261 e. The number of phenolic OH excluding ortho intramolecular Hbond substituents is 1. The van der Waals surface area contributed by atoms with E-state index in [1.54, 1.807) is 6.07 Å². The van der Waals surface area contributed by atoms with Crippen molar-refractivity contribution in [2.45, 2.75) is 69.1 Å². The van der Waals surface area contributed by atoms with Gasteiger partial charge >= 0.3 is 0 Å². The van der Waals surface area contributed by atoms with Crippen LogP contribution in [0.15, 0.2) is 53.3 Å². The lowest BCUT2D eigenvalue weighted by molar-refractivity contribution is 0.00553. The van der Waals surface area contributed by atoms with E-state index in [9.17, 15) is 19.8 Å². The molecule has 8 rings (SSSR count). The van der Waals surface area contributed by atoms with E-state index in [2.05, 4.69) is 22.1 Å². The topological polar surface area (TPSA) is 106 Å². The number of aliphatic hydroxyl groups excluding tert-OH is 1. The second-order valence-corrected chi connectivity index (χ2v) is 13.4. The number of pyridine rings is 1. The summed E-state index contributed by atoms with van der Waals surface area (Å²) in [5, 5.41) is 24.2. The Morgan fingerprint density at radius 3 is 2.78 bits per heavy atom. The average molecular weight is 552 g/mol. The van der Waals surface area contributed by atoms with Crippen LogP contribution in [0, 0.1) is 24.7 Å². The molecule has 7 nitrogen and oxygen atoms in total. The van der Waals surface area contributed by atoms with Gasteiger partial charge < -0.3 is 20.5 Å². The van der Waals surface area contributed by atoms with Crippen LogP contribution in [0.1, 0.15) is 69.2 Å². The molecule has 1 aromatic heterocycles. The van der Waals surface area contributed by atoms with E-state index >= 15 is 0 Å². The normalized spacial score (nSPS) is 31.5. The van der Waals surface area contributed by atoms with E-state index in [-0.39, 0.29) is 22.3 Å². The number of nitrogens with zero attached hydrogens (tertiary/aromatic N) is 1. The van der Waals surface area contributed by atoms with Gasteiger partial charge in [-0.2, -0.15) is 0 Å². The third-order valence-electron chi connectivity index (χ3n) is 11.0. The Kier molecular flexibility index (Phi) is 5.58. The van der Waals surface area contributed by atoms with Crippen molar-refractivity contribution in [3.8, 4) is 5.75 Å². The summed E-state index contributed by atoms with van der Waals surface area (Å²) in [4.78, 5) is 32.7. The minimum Gasteiger partial charge on any atom is -0.508 e. The van der Waals surface area contributed by atoms with E-state index in [4.69, 9.17) is 0 Å². The van der Waals surface area contributed by atoms with Gasteiger partial charge in [-0.05, 0) is 103 Å². The number of likely N-dealkylation sites (tertiary alicyclic amines) is 1. The molecule has 4 N–H and O–H groups in total. The second kappa shape index (κ2) is 9.04. The molecule has 1 unspecified atom stereocenters. The number of nitrogens with one attached hydrogen (secondary N) is 2. The Hall–Kier alpha value is -3.42. The SMILES string of the molecule is Cc1ccc(O)cc1[C@@]12Cc3[nH]c(=O)c(C(=O)N[C@H]4c5ccccc5C[C@H]4O)cc3C[C@H]1[C@H]1C(CN1CC1CC1)C2. The van der Waals surface area contributed by atoms with Gasteiger partial charge in [0, 0.05) is 36.7 Å². The first-order valence-electron chi connectivity index (χ1n) is 15.2. The predicted molar refractivity (Wildman–Crippen MR) is 155 cm³/mol. The number of aromatic nitrogens is 1. The molecule has 3 aromatic rings. The number of carbonyl (C=O) groups excluding carboxylic acids is 1. The van der Waals surface area contributed by atoms with Crippen LogP contribution in [0.25, 0.3) is 0 Å². The number of rotatable bonds is 5. The van der Waals surface area contributed by atoms with Gasteiger partial charge in [0.1, 0.15) is 11.3 Å². The highest BCUT2D eigenvalue weighted by atomic mass is 16.3. The molecule has 1 amide bonds. The maximum absolute atomic E-state index is 13.5. The maximum Gasteiger partial charge on any atom is 0.261 e. The van der Waals surface area contributed by atoms with Crippen molar-refractivity contribution in [1.29, 1.82) is 0 Å². The molecule has 0 radical (unpaired) electrons. The van der Waals surface area contributed by atoms with Crippen LogP contribution in [-0.2, 0) is 24.7 Å². The lowest BCUT2D eigenvalue weighted by Crippen LogP contribution is -2.58. The molecule has 3 fully saturated rings. The van der Waals surface area contributed by atoms with Gasteiger partial charge in [-0.3, -0.25) is 14.5 Å². The van der Waals surface area contributed by atoms with E-state index in [0.29, 0.717) is 30.7 Å². The Labute approximate surface area is 239 Å². The molecule has 4 aliphatic carbocycles. The number of phenols is 1. The second-order valence-electron chi connectivity index (χ2n) is 13.4. The number of aromatic amines is 1. The molecule has 2 heterocycles. The molecular formula is C34H37N3O4. The molecule has 7 heteroatoms. The largest absolute Gasteiger partial charge is 0.508 e. The van der Waals surface area contributed by atoms with E-state index < -0.39 is 18.1 Å². The fourth-order valence-electron chi connectivity index (χ4n) is 8.94. The fourth-order valence-corrected chi connectivity index (χ4v) is 8.94. The molecule has 41 heavy (non-hydrogen) atoms. The number of H-pyrrole nitrogens is 1. The van der Waals surface area contributed by atoms with Gasteiger partial charge in [0.25, 0.3) is 11.5 Å². The van der Waals surface area contributed by atoms with Crippen molar-refractivity contribution >= 4 is 5.91 Å². The number of hydrogen-bond donors (Lipinski definition) is 4. The summed E-state index contributed by atoms with van der Waals surface area (Å²) < 4.78 is 0. The van der Waals surface area contributed by atoms with Crippen LogP contribution in [0.5, 0.6) is 5.75 Å². The molecule has 5 aliphatic rings. The van der Waals surface area contributed by atoms with Crippen molar-refractivity contribution in [3.05, 3.63) is 98.0 Å². The van der Waals surface area contributed by atoms with Crippen molar-refractivity contribution in [1.82, 2.24) is 15.2 Å². The Morgan fingerprint density at radius 2 is 1.95 bits per heavy atom. The first-order valence-corrected chi connectivity index (χ1v) is 15.2. The van der Waals surface area contributed by atoms with Gasteiger partial charge in [0.2, 0.25) is 0 Å². The molecule has 2 saturated carbocycles. The molecule has 1 aliphatic heterocycles. The Bertz CT molecular complexity index is 1630. The highest BCUT2D eigenvalue weighted by Crippen LogP contribution is 2.60. The lowest BCUT2D eigenvalue weighted by Gasteiger charge is -2.49. The minimum absolute atomic E-state index is 0.111. The number of amides is 1. The summed E-state index contributed by atoms with van der Waals surface area (Å²) in [5.41, 5.74) is 5.83. The van der Waals surface area contributed by atoms with Crippen LogP contribution in [-0.4, -0.2) is 51.2 Å². The number of hydrogen-bond acceptors (Lipinski definition) is 5. The first kappa shape index (κ1) is 25.3. The molecule has 2 aromatic carbocycles. The van der Waals surface area contributed by atoms with Crippen LogP contribution in [0.4, 0.5) is 0 Å². The van der Waals surface area contributed by atoms with Crippen molar-refractivity contribution < 1.29 is 15.0 Å². The third-order valence-corrected chi connectivity index (χ3v) is 11.0. The predicted octanol–water partition coefficient (Wildman–Crippen LogP) is 3.54.